The Hall–Kier alpha value is -3.03. The van der Waals surface area contributed by atoms with Crippen LogP contribution >= 0.6 is 11.6 Å². The molecule has 1 aliphatic rings. The number of rotatable bonds is 3. The van der Waals surface area contributed by atoms with Gasteiger partial charge in [-0.1, -0.05) is 29.8 Å². The molecule has 3 aromatic rings. The highest BCUT2D eigenvalue weighted by molar-refractivity contribution is 6.35. The number of aromatic nitrogens is 2. The van der Waals surface area contributed by atoms with Crippen LogP contribution in [0.3, 0.4) is 0 Å². The SMILES string of the molecule is O=[N+]([O-])c1ccc2c(c1)C(c1ccccc1Cl)=NCc1nc(CO)cn1-2. The molecule has 0 amide bonds. The highest BCUT2D eigenvalue weighted by Crippen LogP contribution is 2.30. The molecule has 1 aliphatic heterocycles. The summed E-state index contributed by atoms with van der Waals surface area (Å²) in [6.07, 6.45) is 1.71. The van der Waals surface area contributed by atoms with Gasteiger partial charge < -0.3 is 9.67 Å². The van der Waals surface area contributed by atoms with E-state index in [1.165, 1.54) is 12.1 Å². The third-order valence-corrected chi connectivity index (χ3v) is 4.53. The molecule has 0 aliphatic carbocycles. The lowest BCUT2D eigenvalue weighted by Crippen LogP contribution is -2.08. The first-order valence-corrected chi connectivity index (χ1v) is 8.23. The molecule has 1 N–H and O–H groups in total. The summed E-state index contributed by atoms with van der Waals surface area (Å²) in [6, 6.07) is 11.8. The van der Waals surface area contributed by atoms with E-state index in [-0.39, 0.29) is 18.8 Å². The summed E-state index contributed by atoms with van der Waals surface area (Å²) in [5.41, 5.74) is 3.05. The number of nitrogens with zero attached hydrogens (tertiary/aromatic N) is 4. The van der Waals surface area contributed by atoms with Crippen LogP contribution in [-0.2, 0) is 13.2 Å². The Balaban J connectivity index is 1.99. The zero-order valence-corrected chi connectivity index (χ0v) is 14.2. The van der Waals surface area contributed by atoms with Gasteiger partial charge in [0.25, 0.3) is 5.69 Å². The number of hydrogen-bond donors (Lipinski definition) is 1. The van der Waals surface area contributed by atoms with E-state index < -0.39 is 4.92 Å². The van der Waals surface area contributed by atoms with E-state index in [1.54, 1.807) is 22.9 Å². The Morgan fingerprint density at radius 1 is 1.23 bits per heavy atom. The van der Waals surface area contributed by atoms with Crippen LogP contribution in [0.4, 0.5) is 5.69 Å². The molecule has 26 heavy (non-hydrogen) atoms. The zero-order chi connectivity index (χ0) is 18.3. The van der Waals surface area contributed by atoms with Crippen molar-refractivity contribution in [3.8, 4) is 5.69 Å². The average Bonchev–Trinajstić information content (AvgIpc) is 3.00. The van der Waals surface area contributed by atoms with E-state index in [1.807, 2.05) is 18.2 Å². The van der Waals surface area contributed by atoms with Crippen molar-refractivity contribution >= 4 is 23.0 Å². The van der Waals surface area contributed by atoms with Crippen LogP contribution in [0.25, 0.3) is 5.69 Å². The Morgan fingerprint density at radius 2 is 2.04 bits per heavy atom. The van der Waals surface area contributed by atoms with Crippen molar-refractivity contribution in [2.24, 2.45) is 4.99 Å². The molecular weight excluding hydrogens is 356 g/mol. The molecule has 130 valence electrons. The summed E-state index contributed by atoms with van der Waals surface area (Å²) >= 11 is 6.34. The summed E-state index contributed by atoms with van der Waals surface area (Å²) in [7, 11) is 0. The predicted octanol–water partition coefficient (Wildman–Crippen LogP) is 3.28. The number of aliphatic hydroxyl groups is 1. The molecule has 0 bridgehead atoms. The fourth-order valence-corrected chi connectivity index (χ4v) is 3.25. The second-order valence-corrected chi connectivity index (χ2v) is 6.19. The number of fused-ring (bicyclic) bond motifs is 3. The smallest absolute Gasteiger partial charge is 0.270 e. The van der Waals surface area contributed by atoms with Gasteiger partial charge in [0.05, 0.1) is 35.2 Å². The third kappa shape index (κ3) is 2.67. The Morgan fingerprint density at radius 3 is 2.77 bits per heavy atom. The Kier molecular flexibility index (Phi) is 4.02. The molecule has 1 aromatic heterocycles. The molecule has 4 rings (SSSR count). The van der Waals surface area contributed by atoms with Crippen molar-refractivity contribution in [2.75, 3.05) is 0 Å². The summed E-state index contributed by atoms with van der Waals surface area (Å²) in [5.74, 6) is 0.645. The molecule has 0 radical (unpaired) electrons. The van der Waals surface area contributed by atoms with Gasteiger partial charge in [-0.3, -0.25) is 15.1 Å². The van der Waals surface area contributed by atoms with Crippen molar-refractivity contribution in [3.63, 3.8) is 0 Å². The highest BCUT2D eigenvalue weighted by Gasteiger charge is 2.24. The van der Waals surface area contributed by atoms with E-state index in [4.69, 9.17) is 11.6 Å². The van der Waals surface area contributed by atoms with E-state index in [0.29, 0.717) is 39.1 Å². The van der Waals surface area contributed by atoms with Gasteiger partial charge in [-0.25, -0.2) is 4.98 Å². The van der Waals surface area contributed by atoms with Gasteiger partial charge in [0, 0.05) is 34.5 Å². The van der Waals surface area contributed by atoms with E-state index in [2.05, 4.69) is 9.98 Å². The van der Waals surface area contributed by atoms with Gasteiger partial charge in [-0.15, -0.1) is 0 Å². The van der Waals surface area contributed by atoms with Crippen LogP contribution in [-0.4, -0.2) is 25.3 Å². The largest absolute Gasteiger partial charge is 0.390 e. The lowest BCUT2D eigenvalue weighted by Gasteiger charge is -2.12. The first-order chi connectivity index (χ1) is 12.6. The summed E-state index contributed by atoms with van der Waals surface area (Å²) < 4.78 is 1.80. The number of nitro groups is 1. The summed E-state index contributed by atoms with van der Waals surface area (Å²) in [5, 5.41) is 21.1. The lowest BCUT2D eigenvalue weighted by atomic mass is 9.99. The zero-order valence-electron chi connectivity index (χ0n) is 13.5. The molecule has 2 aromatic carbocycles. The maximum atomic E-state index is 11.3. The van der Waals surface area contributed by atoms with Gasteiger partial charge in [0.1, 0.15) is 5.82 Å². The van der Waals surface area contributed by atoms with Crippen molar-refractivity contribution in [2.45, 2.75) is 13.2 Å². The first-order valence-electron chi connectivity index (χ1n) is 7.85. The standard InChI is InChI=1S/C18H13ClN4O3/c19-15-4-2-1-3-13(15)18-14-7-12(23(25)26)5-6-16(14)22-9-11(10-24)21-17(22)8-20-18/h1-7,9,24H,8,10H2. The second-order valence-electron chi connectivity index (χ2n) is 5.78. The number of nitro benzene ring substituents is 1. The molecule has 0 spiro atoms. The minimum Gasteiger partial charge on any atom is -0.390 e. The second kappa shape index (κ2) is 6.36. The highest BCUT2D eigenvalue weighted by atomic mass is 35.5. The van der Waals surface area contributed by atoms with Crippen LogP contribution in [0.1, 0.15) is 22.6 Å². The normalized spacial score (nSPS) is 12.8. The minimum absolute atomic E-state index is 0.0329. The number of aliphatic hydroxyl groups excluding tert-OH is 1. The number of hydrogen-bond acceptors (Lipinski definition) is 5. The van der Waals surface area contributed by atoms with Crippen molar-refractivity contribution in [3.05, 3.63) is 86.4 Å². The van der Waals surface area contributed by atoms with Crippen LogP contribution in [0, 0.1) is 10.1 Å². The average molecular weight is 369 g/mol. The molecule has 7 nitrogen and oxygen atoms in total. The van der Waals surface area contributed by atoms with Crippen LogP contribution in [0.5, 0.6) is 0 Å². The number of aliphatic imine (C=N–C) groups is 1. The Labute approximate surface area is 153 Å². The maximum Gasteiger partial charge on any atom is 0.270 e. The monoisotopic (exact) mass is 368 g/mol. The quantitative estimate of drug-likeness (QED) is 0.567. The fraction of sp³-hybridized carbons (Fsp3) is 0.111. The van der Waals surface area contributed by atoms with Crippen LogP contribution in [0.2, 0.25) is 5.02 Å². The predicted molar refractivity (Wildman–Crippen MR) is 96.9 cm³/mol. The number of benzene rings is 2. The molecular formula is C18H13ClN4O3. The number of imidazole rings is 1. The van der Waals surface area contributed by atoms with Crippen molar-refractivity contribution < 1.29 is 10.0 Å². The number of halogens is 1. The van der Waals surface area contributed by atoms with Gasteiger partial charge in [0.2, 0.25) is 0 Å². The number of non-ortho nitro benzene ring substituents is 1. The molecule has 2 heterocycles. The van der Waals surface area contributed by atoms with Gasteiger partial charge >= 0.3 is 0 Å². The first kappa shape index (κ1) is 16.4. The molecule has 8 heteroatoms. The van der Waals surface area contributed by atoms with Crippen LogP contribution in [0.15, 0.2) is 53.7 Å². The minimum atomic E-state index is -0.441. The maximum absolute atomic E-state index is 11.3. The molecule has 0 unspecified atom stereocenters. The third-order valence-electron chi connectivity index (χ3n) is 4.20. The topological polar surface area (TPSA) is 93.6 Å². The van der Waals surface area contributed by atoms with Gasteiger partial charge in [-0.2, -0.15) is 0 Å². The lowest BCUT2D eigenvalue weighted by molar-refractivity contribution is -0.384. The van der Waals surface area contributed by atoms with E-state index in [0.717, 1.165) is 0 Å². The molecule has 0 atom stereocenters. The van der Waals surface area contributed by atoms with Gasteiger partial charge in [-0.05, 0) is 12.1 Å². The van der Waals surface area contributed by atoms with Gasteiger partial charge in [0.15, 0.2) is 0 Å². The van der Waals surface area contributed by atoms with E-state index in [9.17, 15) is 15.2 Å². The molecule has 0 fully saturated rings. The summed E-state index contributed by atoms with van der Waals surface area (Å²) in [6.45, 7) is 0.0758. The Bertz CT molecular complexity index is 1060. The van der Waals surface area contributed by atoms with Crippen molar-refractivity contribution in [1.82, 2.24) is 9.55 Å². The molecule has 0 saturated carbocycles. The molecule has 0 saturated heterocycles. The van der Waals surface area contributed by atoms with E-state index >= 15 is 0 Å². The summed E-state index contributed by atoms with van der Waals surface area (Å²) in [4.78, 5) is 19.8. The van der Waals surface area contributed by atoms with Crippen molar-refractivity contribution in [1.29, 1.82) is 0 Å². The fourth-order valence-electron chi connectivity index (χ4n) is 3.02. The van der Waals surface area contributed by atoms with Crippen LogP contribution < -0.4 is 0 Å².